The fraction of sp³-hybridized carbons (Fsp3) is 0.765. The van der Waals surface area contributed by atoms with Crippen molar-refractivity contribution in [1.82, 2.24) is 0 Å². The Labute approximate surface area is 264 Å². The normalized spacial score (nSPS) is 11.2. The summed E-state index contributed by atoms with van der Waals surface area (Å²) in [5.74, 6) is -1.68. The monoisotopic (exact) mass is 644 g/mol. The zero-order chi connectivity index (χ0) is 32.3. The lowest BCUT2D eigenvalue weighted by atomic mass is 10.1. The quantitative estimate of drug-likeness (QED) is 0.0516. The SMILES string of the molecule is CCCCCCCCP(CCCCCCCC)CCCCCCCC.COC(=O)c1cc(C(=O)OC)cc(S(=O)(=O)O)c1. The Bertz CT molecular complexity index is 893. The Kier molecular flexibility index (Phi) is 25.9. The zero-order valence-electron chi connectivity index (χ0n) is 27.8. The third-order valence-electron chi connectivity index (χ3n) is 7.53. The van der Waals surface area contributed by atoms with Crippen molar-refractivity contribution in [2.75, 3.05) is 32.7 Å². The van der Waals surface area contributed by atoms with E-state index in [0.29, 0.717) is 7.92 Å². The minimum Gasteiger partial charge on any atom is -0.465 e. The van der Waals surface area contributed by atoms with Crippen molar-refractivity contribution in [3.05, 3.63) is 29.3 Å². The average molecular weight is 645 g/mol. The molecule has 9 heteroatoms. The van der Waals surface area contributed by atoms with Crippen LogP contribution in [0.5, 0.6) is 0 Å². The van der Waals surface area contributed by atoms with Crippen LogP contribution in [0.15, 0.2) is 23.1 Å². The summed E-state index contributed by atoms with van der Waals surface area (Å²) >= 11 is 0. The first kappa shape index (κ1) is 41.5. The number of rotatable bonds is 24. The van der Waals surface area contributed by atoms with E-state index in [1.54, 1.807) is 18.5 Å². The highest BCUT2D eigenvalue weighted by molar-refractivity contribution is 7.85. The second kappa shape index (κ2) is 26.9. The summed E-state index contributed by atoms with van der Waals surface area (Å²) in [4.78, 5) is 22.0. The van der Waals surface area contributed by atoms with Gasteiger partial charge in [0.1, 0.15) is 0 Å². The molecule has 0 aliphatic heterocycles. The maximum absolute atomic E-state index is 11.3. The summed E-state index contributed by atoms with van der Waals surface area (Å²) in [6.45, 7) is 6.96. The Morgan fingerprint density at radius 3 is 1.16 bits per heavy atom. The highest BCUT2D eigenvalue weighted by Crippen LogP contribution is 2.39. The molecule has 1 aromatic carbocycles. The van der Waals surface area contributed by atoms with Crippen LogP contribution in [0, 0.1) is 0 Å². The van der Waals surface area contributed by atoms with Crippen molar-refractivity contribution < 1.29 is 32.0 Å². The molecule has 0 aliphatic rings. The largest absolute Gasteiger partial charge is 0.465 e. The molecular weight excluding hydrogens is 583 g/mol. The van der Waals surface area contributed by atoms with Gasteiger partial charge in [-0.3, -0.25) is 4.55 Å². The number of hydrogen-bond acceptors (Lipinski definition) is 6. The molecule has 0 saturated carbocycles. The summed E-state index contributed by atoms with van der Waals surface area (Å²) in [6.07, 6.45) is 31.2. The molecule has 0 bridgehead atoms. The van der Waals surface area contributed by atoms with E-state index in [9.17, 15) is 18.0 Å². The standard InChI is InChI=1S/C24H51P.C10H10O7S/c1-4-7-10-13-16-19-22-25(23-20-17-14-11-8-5-2)24-21-18-15-12-9-6-3;1-16-9(11)6-3-7(10(12)17-2)5-8(4-6)18(13,14)15/h4-24H2,1-3H3;3-5H,1-2H3,(H,13,14,15). The second-order valence-corrected chi connectivity index (χ2v) is 15.5. The highest BCUT2D eigenvalue weighted by Gasteiger charge is 2.19. The van der Waals surface area contributed by atoms with Crippen molar-refractivity contribution in [2.45, 2.75) is 141 Å². The van der Waals surface area contributed by atoms with Crippen molar-refractivity contribution in [3.8, 4) is 0 Å². The van der Waals surface area contributed by atoms with Crippen molar-refractivity contribution in [2.24, 2.45) is 0 Å². The smallest absolute Gasteiger partial charge is 0.337 e. The molecule has 0 atom stereocenters. The predicted molar refractivity (Wildman–Crippen MR) is 181 cm³/mol. The highest BCUT2D eigenvalue weighted by atomic mass is 32.2. The molecule has 250 valence electrons. The van der Waals surface area contributed by atoms with E-state index in [-0.39, 0.29) is 11.1 Å². The van der Waals surface area contributed by atoms with E-state index in [2.05, 4.69) is 30.2 Å². The molecule has 0 spiro atoms. The van der Waals surface area contributed by atoms with Crippen LogP contribution in [0.1, 0.15) is 157 Å². The molecule has 1 rings (SSSR count). The van der Waals surface area contributed by atoms with E-state index in [4.69, 9.17) is 4.55 Å². The molecule has 0 saturated heterocycles. The number of methoxy groups -OCH3 is 2. The van der Waals surface area contributed by atoms with Gasteiger partial charge in [-0.05, 0) is 55.9 Å². The van der Waals surface area contributed by atoms with E-state index in [1.165, 1.54) is 116 Å². The number of ether oxygens (including phenoxy) is 2. The van der Waals surface area contributed by atoms with Crippen molar-refractivity contribution in [3.63, 3.8) is 0 Å². The third kappa shape index (κ3) is 21.8. The maximum Gasteiger partial charge on any atom is 0.337 e. The first-order valence-electron chi connectivity index (χ1n) is 16.7. The Morgan fingerprint density at radius 2 is 0.884 bits per heavy atom. The van der Waals surface area contributed by atoms with Crippen molar-refractivity contribution in [1.29, 1.82) is 0 Å². The summed E-state index contributed by atoms with van der Waals surface area (Å²) < 4.78 is 39.7. The lowest BCUT2D eigenvalue weighted by Crippen LogP contribution is -2.09. The average Bonchev–Trinajstić information content (AvgIpc) is 3.00. The number of hydrogen-bond donors (Lipinski definition) is 1. The van der Waals surface area contributed by atoms with Gasteiger partial charge in [-0.1, -0.05) is 117 Å². The number of carbonyl (C=O) groups excluding carboxylic acids is 2. The van der Waals surface area contributed by atoms with Crippen LogP contribution >= 0.6 is 7.92 Å². The van der Waals surface area contributed by atoms with Gasteiger partial charge in [0.05, 0.1) is 30.2 Å². The summed E-state index contributed by atoms with van der Waals surface area (Å²) in [7, 11) is -1.99. The molecule has 0 heterocycles. The molecule has 43 heavy (non-hydrogen) atoms. The Balaban J connectivity index is 0.000000862. The molecular formula is C34H61O7PS. The molecule has 0 amide bonds. The van der Waals surface area contributed by atoms with Crippen LogP contribution in [0.3, 0.4) is 0 Å². The molecule has 0 aromatic heterocycles. The minimum atomic E-state index is -4.55. The number of esters is 2. The maximum atomic E-state index is 11.3. The summed E-state index contributed by atoms with van der Waals surface area (Å²) in [5, 5.41) is 0. The van der Waals surface area contributed by atoms with Gasteiger partial charge in [-0.15, -0.1) is 7.92 Å². The molecule has 0 fully saturated rings. The van der Waals surface area contributed by atoms with E-state index < -0.39 is 27.0 Å². The van der Waals surface area contributed by atoms with Crippen LogP contribution in [0.2, 0.25) is 0 Å². The van der Waals surface area contributed by atoms with E-state index >= 15 is 0 Å². The van der Waals surface area contributed by atoms with Gasteiger partial charge >= 0.3 is 11.9 Å². The fourth-order valence-electron chi connectivity index (χ4n) is 4.90. The molecule has 0 radical (unpaired) electrons. The van der Waals surface area contributed by atoms with Crippen LogP contribution < -0.4 is 0 Å². The molecule has 1 N–H and O–H groups in total. The van der Waals surface area contributed by atoms with Gasteiger partial charge in [-0.25, -0.2) is 9.59 Å². The molecule has 0 unspecified atom stereocenters. The third-order valence-corrected chi connectivity index (χ3v) is 11.2. The van der Waals surface area contributed by atoms with Crippen molar-refractivity contribution >= 4 is 30.0 Å². The van der Waals surface area contributed by atoms with Crippen LogP contribution in [-0.2, 0) is 19.6 Å². The lowest BCUT2D eigenvalue weighted by molar-refractivity contribution is 0.0598. The second-order valence-electron chi connectivity index (χ2n) is 11.3. The van der Waals surface area contributed by atoms with Gasteiger partial charge in [0, 0.05) is 0 Å². The van der Waals surface area contributed by atoms with Crippen LogP contribution in [0.25, 0.3) is 0 Å². The van der Waals surface area contributed by atoms with Crippen LogP contribution in [0.4, 0.5) is 0 Å². The van der Waals surface area contributed by atoms with E-state index in [0.717, 1.165) is 32.4 Å². The van der Waals surface area contributed by atoms with Gasteiger partial charge in [0.15, 0.2) is 0 Å². The van der Waals surface area contributed by atoms with Gasteiger partial charge < -0.3 is 9.47 Å². The number of unbranched alkanes of at least 4 members (excludes halogenated alkanes) is 15. The van der Waals surface area contributed by atoms with Gasteiger partial charge in [0.2, 0.25) is 0 Å². The topological polar surface area (TPSA) is 107 Å². The summed E-state index contributed by atoms with van der Waals surface area (Å²) in [5.41, 5.74) is -0.374. The number of benzene rings is 1. The predicted octanol–water partition coefficient (Wildman–Crippen LogP) is 10.1. The van der Waals surface area contributed by atoms with Gasteiger partial charge in [0.25, 0.3) is 10.1 Å². The minimum absolute atomic E-state index is 0.187. The first-order valence-corrected chi connectivity index (χ1v) is 20.0. The molecule has 0 aliphatic carbocycles. The van der Waals surface area contributed by atoms with E-state index in [1.807, 2.05) is 0 Å². The Morgan fingerprint density at radius 1 is 0.581 bits per heavy atom. The van der Waals surface area contributed by atoms with Crippen LogP contribution in [-0.4, -0.2) is 57.6 Å². The van der Waals surface area contributed by atoms with Gasteiger partial charge in [-0.2, -0.15) is 8.42 Å². The first-order chi connectivity index (χ1) is 20.6. The molecule has 1 aromatic rings. The Hall–Kier alpha value is -1.50. The lowest BCUT2D eigenvalue weighted by Gasteiger charge is -2.18. The fourth-order valence-corrected chi connectivity index (χ4v) is 8.14. The number of carbonyl (C=O) groups is 2. The summed E-state index contributed by atoms with van der Waals surface area (Å²) in [6, 6.07) is 2.90. The zero-order valence-corrected chi connectivity index (χ0v) is 29.5. The molecule has 7 nitrogen and oxygen atoms in total.